The Bertz CT molecular complexity index is 603. The maximum atomic E-state index is 13.0. The van der Waals surface area contributed by atoms with E-state index in [1.165, 1.54) is 0 Å². The van der Waals surface area contributed by atoms with Crippen LogP contribution in [0.4, 0.5) is 10.3 Å². The number of halogens is 2. The summed E-state index contributed by atoms with van der Waals surface area (Å²) in [5, 5.41) is 8.40. The number of rotatable bonds is 4. The average molecular weight is 286 g/mol. The first-order valence-electron chi connectivity index (χ1n) is 5.27. The molecule has 2 aromatic heterocycles. The van der Waals surface area contributed by atoms with Crippen molar-refractivity contribution in [3.8, 4) is 6.01 Å². The van der Waals surface area contributed by atoms with Gasteiger partial charge in [-0.05, 0) is 13.0 Å². The van der Waals surface area contributed by atoms with Crippen molar-refractivity contribution in [1.82, 2.24) is 20.2 Å². The van der Waals surface area contributed by atoms with E-state index in [1.54, 1.807) is 6.92 Å². The smallest absolute Gasteiger partial charge is 0.337 e. The van der Waals surface area contributed by atoms with E-state index in [0.717, 1.165) is 12.3 Å². The second-order valence-corrected chi connectivity index (χ2v) is 3.70. The predicted molar refractivity (Wildman–Crippen MR) is 64.7 cm³/mol. The topological polar surface area (TPSA) is 92.8 Å². The molecule has 1 amide bonds. The number of aromatic amines is 1. The highest BCUT2D eigenvalue weighted by Crippen LogP contribution is 2.15. The second-order valence-electron chi connectivity index (χ2n) is 3.35. The number of H-pyrrole nitrogens is 1. The van der Waals surface area contributed by atoms with Gasteiger partial charge in [-0.15, -0.1) is 5.10 Å². The molecule has 0 spiro atoms. The van der Waals surface area contributed by atoms with Crippen LogP contribution in [0, 0.1) is 5.82 Å². The van der Waals surface area contributed by atoms with Crippen LogP contribution in [0.1, 0.15) is 17.3 Å². The first-order chi connectivity index (χ1) is 9.10. The Morgan fingerprint density at radius 3 is 3.16 bits per heavy atom. The van der Waals surface area contributed by atoms with Crippen LogP contribution in [0.25, 0.3) is 0 Å². The molecule has 2 rings (SSSR count). The molecule has 19 heavy (non-hydrogen) atoms. The van der Waals surface area contributed by atoms with Crippen molar-refractivity contribution in [3.05, 3.63) is 28.8 Å². The Hall–Kier alpha value is -2.22. The number of nitrogens with zero attached hydrogens (tertiary/aromatic N) is 3. The van der Waals surface area contributed by atoms with Gasteiger partial charge in [-0.3, -0.25) is 10.1 Å². The van der Waals surface area contributed by atoms with Crippen molar-refractivity contribution in [3.63, 3.8) is 0 Å². The molecule has 7 nitrogen and oxygen atoms in total. The molecule has 2 N–H and O–H groups in total. The van der Waals surface area contributed by atoms with Crippen LogP contribution in [0.2, 0.25) is 5.15 Å². The molecular weight excluding hydrogens is 277 g/mol. The normalized spacial score (nSPS) is 10.3. The second kappa shape index (κ2) is 5.61. The lowest BCUT2D eigenvalue weighted by atomic mass is 10.2. The van der Waals surface area contributed by atoms with E-state index in [9.17, 15) is 9.18 Å². The molecule has 0 aliphatic carbocycles. The third kappa shape index (κ3) is 3.16. The van der Waals surface area contributed by atoms with E-state index >= 15 is 0 Å². The quantitative estimate of drug-likeness (QED) is 0.833. The monoisotopic (exact) mass is 285 g/mol. The molecule has 0 fully saturated rings. The first kappa shape index (κ1) is 13.2. The van der Waals surface area contributed by atoms with Gasteiger partial charge < -0.3 is 4.74 Å². The summed E-state index contributed by atoms with van der Waals surface area (Å²) in [6.07, 6.45) is 0.917. The minimum Gasteiger partial charge on any atom is -0.463 e. The molecule has 0 radical (unpaired) electrons. The summed E-state index contributed by atoms with van der Waals surface area (Å²) >= 11 is 5.70. The maximum absolute atomic E-state index is 13.0. The molecule has 0 aromatic carbocycles. The Morgan fingerprint density at radius 2 is 2.42 bits per heavy atom. The zero-order valence-electron chi connectivity index (χ0n) is 9.78. The van der Waals surface area contributed by atoms with Gasteiger partial charge in [0.1, 0.15) is 11.0 Å². The number of carbonyl (C=O) groups excluding carboxylic acids is 1. The fraction of sp³-hybridized carbons (Fsp3) is 0.200. The van der Waals surface area contributed by atoms with Gasteiger partial charge in [-0.2, -0.15) is 4.98 Å². The molecular formula is C10H9ClFN5O2. The van der Waals surface area contributed by atoms with E-state index in [4.69, 9.17) is 16.3 Å². The Morgan fingerprint density at radius 1 is 1.63 bits per heavy atom. The average Bonchev–Trinajstić information content (AvgIpc) is 2.80. The van der Waals surface area contributed by atoms with Crippen LogP contribution in [0.5, 0.6) is 6.01 Å². The minimum atomic E-state index is -0.665. The molecule has 2 heterocycles. The summed E-state index contributed by atoms with van der Waals surface area (Å²) in [4.78, 5) is 19.2. The van der Waals surface area contributed by atoms with Crippen molar-refractivity contribution >= 4 is 23.5 Å². The molecule has 0 saturated heterocycles. The third-order valence-electron chi connectivity index (χ3n) is 2.02. The number of pyridine rings is 1. The molecule has 0 aliphatic rings. The van der Waals surface area contributed by atoms with Gasteiger partial charge in [-0.1, -0.05) is 11.6 Å². The van der Waals surface area contributed by atoms with Gasteiger partial charge >= 0.3 is 6.01 Å². The van der Waals surface area contributed by atoms with Gasteiger partial charge in [-0.25, -0.2) is 14.5 Å². The zero-order valence-corrected chi connectivity index (χ0v) is 10.5. The number of hydrogen-bond acceptors (Lipinski definition) is 5. The van der Waals surface area contributed by atoms with E-state index in [1.807, 2.05) is 0 Å². The highest BCUT2D eigenvalue weighted by molar-refractivity contribution is 6.33. The standard InChI is InChI=1S/C10H9ClFN5O2/c1-2-19-10-15-9(16-17-10)14-8(18)6-3-5(12)4-13-7(6)11/h3-4H,2H2,1H3,(H2,14,15,16,17,18). The first-order valence-corrected chi connectivity index (χ1v) is 5.65. The highest BCUT2D eigenvalue weighted by Gasteiger charge is 2.15. The van der Waals surface area contributed by atoms with E-state index in [2.05, 4.69) is 25.5 Å². The van der Waals surface area contributed by atoms with Crippen molar-refractivity contribution in [1.29, 1.82) is 0 Å². The SMILES string of the molecule is CCOc1n[nH]c(NC(=O)c2cc(F)cnc2Cl)n1. The molecule has 0 saturated carbocycles. The largest absolute Gasteiger partial charge is 0.463 e. The Labute approximate surface area is 112 Å². The molecule has 0 aliphatic heterocycles. The van der Waals surface area contributed by atoms with Crippen molar-refractivity contribution in [2.45, 2.75) is 6.92 Å². The molecule has 9 heteroatoms. The number of aromatic nitrogens is 4. The summed E-state index contributed by atoms with van der Waals surface area (Å²) in [6.45, 7) is 2.16. The number of anilines is 1. The number of ether oxygens (including phenoxy) is 1. The van der Waals surface area contributed by atoms with Crippen molar-refractivity contribution in [2.24, 2.45) is 0 Å². The lowest BCUT2D eigenvalue weighted by Crippen LogP contribution is -2.14. The minimum absolute atomic E-state index is 0.0637. The van der Waals surface area contributed by atoms with E-state index in [0.29, 0.717) is 6.61 Å². The number of nitrogens with one attached hydrogen (secondary N) is 2. The lowest BCUT2D eigenvalue weighted by Gasteiger charge is -2.02. The maximum Gasteiger partial charge on any atom is 0.337 e. The summed E-state index contributed by atoms with van der Waals surface area (Å²) < 4.78 is 18.0. The highest BCUT2D eigenvalue weighted by atomic mass is 35.5. The summed E-state index contributed by atoms with van der Waals surface area (Å²) in [5.74, 6) is -1.26. The zero-order chi connectivity index (χ0) is 13.8. The van der Waals surface area contributed by atoms with E-state index in [-0.39, 0.29) is 22.7 Å². The lowest BCUT2D eigenvalue weighted by molar-refractivity contribution is 0.102. The predicted octanol–water partition coefficient (Wildman–Crippen LogP) is 1.64. The van der Waals surface area contributed by atoms with Gasteiger partial charge in [0.2, 0.25) is 5.95 Å². The Kier molecular flexibility index (Phi) is 3.91. The van der Waals surface area contributed by atoms with Gasteiger partial charge in [0, 0.05) is 0 Å². The summed E-state index contributed by atoms with van der Waals surface area (Å²) in [7, 11) is 0. The van der Waals surface area contributed by atoms with E-state index < -0.39 is 11.7 Å². The van der Waals surface area contributed by atoms with Crippen LogP contribution in [0.15, 0.2) is 12.3 Å². The van der Waals surface area contributed by atoms with Crippen LogP contribution in [0.3, 0.4) is 0 Å². The van der Waals surface area contributed by atoms with Gasteiger partial charge in [0.25, 0.3) is 5.91 Å². The van der Waals surface area contributed by atoms with Crippen molar-refractivity contribution in [2.75, 3.05) is 11.9 Å². The summed E-state index contributed by atoms with van der Waals surface area (Å²) in [6, 6.07) is 1.08. The fourth-order valence-corrected chi connectivity index (χ4v) is 1.44. The summed E-state index contributed by atoms with van der Waals surface area (Å²) in [5.41, 5.74) is -0.101. The Balaban J connectivity index is 2.13. The van der Waals surface area contributed by atoms with Crippen LogP contribution in [-0.2, 0) is 0 Å². The molecule has 0 atom stereocenters. The molecule has 100 valence electrons. The molecule has 0 bridgehead atoms. The molecule has 0 unspecified atom stereocenters. The van der Waals surface area contributed by atoms with Crippen LogP contribution in [-0.4, -0.2) is 32.7 Å². The van der Waals surface area contributed by atoms with Gasteiger partial charge in [0.15, 0.2) is 0 Å². The van der Waals surface area contributed by atoms with Crippen LogP contribution >= 0.6 is 11.6 Å². The van der Waals surface area contributed by atoms with Crippen molar-refractivity contribution < 1.29 is 13.9 Å². The number of carbonyl (C=O) groups is 1. The van der Waals surface area contributed by atoms with Gasteiger partial charge in [0.05, 0.1) is 18.4 Å². The molecule has 2 aromatic rings. The van der Waals surface area contributed by atoms with Crippen LogP contribution < -0.4 is 10.1 Å². The number of amides is 1. The number of hydrogen-bond donors (Lipinski definition) is 2. The fourth-order valence-electron chi connectivity index (χ4n) is 1.25. The third-order valence-corrected chi connectivity index (χ3v) is 2.32.